The van der Waals surface area contributed by atoms with Gasteiger partial charge in [0, 0.05) is 38.8 Å². The fraction of sp³-hybridized carbons (Fsp3) is 0.933. The summed E-state index contributed by atoms with van der Waals surface area (Å²) >= 11 is 0. The first-order chi connectivity index (χ1) is 9.58. The highest BCUT2D eigenvalue weighted by atomic mass is 16.5. The molecule has 1 N–H and O–H groups in total. The van der Waals surface area contributed by atoms with Crippen LogP contribution in [0.1, 0.15) is 20.3 Å². The van der Waals surface area contributed by atoms with E-state index >= 15 is 0 Å². The second-order valence-electron chi connectivity index (χ2n) is 6.52. The summed E-state index contributed by atoms with van der Waals surface area (Å²) in [4.78, 5) is 16.9. The molecule has 0 aromatic carbocycles. The van der Waals surface area contributed by atoms with Crippen LogP contribution in [0.25, 0.3) is 0 Å². The van der Waals surface area contributed by atoms with Crippen molar-refractivity contribution < 1.29 is 9.53 Å². The normalized spacial score (nSPS) is 28.1. The van der Waals surface area contributed by atoms with Crippen LogP contribution in [-0.2, 0) is 9.53 Å². The van der Waals surface area contributed by atoms with Crippen molar-refractivity contribution in [2.24, 2.45) is 11.8 Å². The molecule has 20 heavy (non-hydrogen) atoms. The smallest absolute Gasteiger partial charge is 0.227 e. The molecule has 2 heterocycles. The molecule has 0 radical (unpaired) electrons. The topological polar surface area (TPSA) is 44.8 Å². The minimum absolute atomic E-state index is 0.126. The number of likely N-dealkylation sites (N-methyl/N-ethyl adjacent to an activating group) is 1. The Labute approximate surface area is 122 Å². The van der Waals surface area contributed by atoms with E-state index in [1.165, 1.54) is 0 Å². The van der Waals surface area contributed by atoms with Crippen LogP contribution in [0.5, 0.6) is 0 Å². The van der Waals surface area contributed by atoms with Gasteiger partial charge in [0.25, 0.3) is 0 Å². The molecule has 116 valence electrons. The molecule has 2 rings (SSSR count). The van der Waals surface area contributed by atoms with Crippen molar-refractivity contribution in [3.8, 4) is 0 Å². The zero-order chi connectivity index (χ0) is 14.5. The Bertz CT molecular complexity index is 316. The maximum Gasteiger partial charge on any atom is 0.227 e. The first-order valence-corrected chi connectivity index (χ1v) is 7.85. The zero-order valence-electron chi connectivity index (χ0n) is 13.1. The lowest BCUT2D eigenvalue weighted by Crippen LogP contribution is -2.53. The fourth-order valence-corrected chi connectivity index (χ4v) is 3.21. The number of carbonyl (C=O) groups is 1. The van der Waals surface area contributed by atoms with Crippen LogP contribution in [0, 0.1) is 11.8 Å². The van der Waals surface area contributed by atoms with Crippen molar-refractivity contribution in [2.75, 3.05) is 53.0 Å². The number of hydrogen-bond donors (Lipinski definition) is 1. The van der Waals surface area contributed by atoms with E-state index in [2.05, 4.69) is 31.1 Å². The molecule has 2 atom stereocenters. The number of hydrogen-bond acceptors (Lipinski definition) is 4. The van der Waals surface area contributed by atoms with Gasteiger partial charge in [-0.15, -0.1) is 0 Å². The van der Waals surface area contributed by atoms with Gasteiger partial charge in [-0.3, -0.25) is 4.79 Å². The van der Waals surface area contributed by atoms with Gasteiger partial charge in [-0.1, -0.05) is 13.8 Å². The average Bonchev–Trinajstić information content (AvgIpc) is 2.47. The van der Waals surface area contributed by atoms with Gasteiger partial charge < -0.3 is 19.9 Å². The third-order valence-corrected chi connectivity index (χ3v) is 4.28. The summed E-state index contributed by atoms with van der Waals surface area (Å²) in [6.07, 6.45) is 0.979. The Kier molecular flexibility index (Phi) is 5.81. The van der Waals surface area contributed by atoms with E-state index < -0.39 is 0 Å². The maximum absolute atomic E-state index is 12.6. The standard InChI is InChI=1S/C15H29N3O2/c1-12(2)11-17(3)14-8-13(9-16-10-14)15(19)18-4-6-20-7-5-18/h12-14,16H,4-11H2,1-3H3/t13-,14?/m1/s1. The SMILES string of the molecule is CC(C)CN(C)C1CNC[C@H](C(=O)N2CCOCC2)C1. The molecule has 5 heteroatoms. The average molecular weight is 283 g/mol. The van der Waals surface area contributed by atoms with Crippen LogP contribution in [0.2, 0.25) is 0 Å². The summed E-state index contributed by atoms with van der Waals surface area (Å²) in [7, 11) is 2.17. The van der Waals surface area contributed by atoms with Crippen LogP contribution in [0.3, 0.4) is 0 Å². The highest BCUT2D eigenvalue weighted by Crippen LogP contribution is 2.19. The third-order valence-electron chi connectivity index (χ3n) is 4.28. The molecule has 0 bridgehead atoms. The number of carbonyl (C=O) groups excluding carboxylic acids is 1. The predicted molar refractivity (Wildman–Crippen MR) is 79.6 cm³/mol. The predicted octanol–water partition coefficient (Wildman–Crippen LogP) is 0.411. The Morgan fingerprint density at radius 2 is 2.05 bits per heavy atom. The van der Waals surface area contributed by atoms with Gasteiger partial charge in [0.1, 0.15) is 0 Å². The lowest BCUT2D eigenvalue weighted by Gasteiger charge is -2.38. The van der Waals surface area contributed by atoms with E-state index in [0.29, 0.717) is 31.1 Å². The van der Waals surface area contributed by atoms with Gasteiger partial charge in [0.05, 0.1) is 19.1 Å². The maximum atomic E-state index is 12.6. The van der Waals surface area contributed by atoms with Crippen molar-refractivity contribution >= 4 is 5.91 Å². The molecule has 2 aliphatic rings. The molecule has 5 nitrogen and oxygen atoms in total. The summed E-state index contributed by atoms with van der Waals surface area (Å²) in [6, 6.07) is 0.473. The van der Waals surface area contributed by atoms with Gasteiger partial charge in [0.2, 0.25) is 5.91 Å². The van der Waals surface area contributed by atoms with Crippen molar-refractivity contribution in [1.29, 1.82) is 0 Å². The molecule has 1 unspecified atom stereocenters. The van der Waals surface area contributed by atoms with Gasteiger partial charge in [-0.05, 0) is 19.4 Å². The molecule has 0 aliphatic carbocycles. The van der Waals surface area contributed by atoms with E-state index in [0.717, 1.165) is 39.1 Å². The first-order valence-electron chi connectivity index (χ1n) is 7.85. The van der Waals surface area contributed by atoms with Gasteiger partial charge in [-0.25, -0.2) is 0 Å². The summed E-state index contributed by atoms with van der Waals surface area (Å²) in [6.45, 7) is 10.3. The van der Waals surface area contributed by atoms with Crippen LogP contribution in [0.4, 0.5) is 0 Å². The lowest BCUT2D eigenvalue weighted by molar-refractivity contribution is -0.140. The minimum Gasteiger partial charge on any atom is -0.378 e. The van der Waals surface area contributed by atoms with Gasteiger partial charge >= 0.3 is 0 Å². The van der Waals surface area contributed by atoms with Gasteiger partial charge in [0.15, 0.2) is 0 Å². The monoisotopic (exact) mass is 283 g/mol. The van der Waals surface area contributed by atoms with E-state index in [9.17, 15) is 4.79 Å². The molecule has 2 aliphatic heterocycles. The number of nitrogens with zero attached hydrogens (tertiary/aromatic N) is 2. The number of ether oxygens (including phenoxy) is 1. The lowest BCUT2D eigenvalue weighted by atomic mass is 9.93. The zero-order valence-corrected chi connectivity index (χ0v) is 13.1. The summed E-state index contributed by atoms with van der Waals surface area (Å²) in [5.41, 5.74) is 0. The molecule has 0 aromatic heterocycles. The minimum atomic E-state index is 0.126. The number of piperidine rings is 1. The second-order valence-corrected chi connectivity index (χ2v) is 6.52. The second kappa shape index (κ2) is 7.38. The van der Waals surface area contributed by atoms with Crippen LogP contribution >= 0.6 is 0 Å². The molecule has 0 aromatic rings. The molecular formula is C15H29N3O2. The van der Waals surface area contributed by atoms with Gasteiger partial charge in [-0.2, -0.15) is 0 Å². The van der Waals surface area contributed by atoms with E-state index in [1.807, 2.05) is 4.90 Å². The summed E-state index contributed by atoms with van der Waals surface area (Å²) in [5, 5.41) is 3.44. The number of morpholine rings is 1. The summed E-state index contributed by atoms with van der Waals surface area (Å²) in [5.74, 6) is 1.10. The Hall–Kier alpha value is -0.650. The highest BCUT2D eigenvalue weighted by Gasteiger charge is 2.32. The van der Waals surface area contributed by atoms with Crippen molar-refractivity contribution in [2.45, 2.75) is 26.3 Å². The van der Waals surface area contributed by atoms with E-state index in [4.69, 9.17) is 4.74 Å². The fourth-order valence-electron chi connectivity index (χ4n) is 3.21. The Morgan fingerprint density at radius 1 is 1.35 bits per heavy atom. The van der Waals surface area contributed by atoms with Crippen LogP contribution < -0.4 is 5.32 Å². The van der Waals surface area contributed by atoms with Crippen LogP contribution in [-0.4, -0.2) is 74.7 Å². The molecule has 1 amide bonds. The number of nitrogens with one attached hydrogen (secondary N) is 1. The molecule has 0 saturated carbocycles. The molecule has 0 spiro atoms. The number of rotatable bonds is 4. The van der Waals surface area contributed by atoms with E-state index in [-0.39, 0.29) is 5.92 Å². The Morgan fingerprint density at radius 3 is 2.70 bits per heavy atom. The van der Waals surface area contributed by atoms with E-state index in [1.54, 1.807) is 0 Å². The summed E-state index contributed by atoms with van der Waals surface area (Å²) < 4.78 is 5.32. The molecule has 2 saturated heterocycles. The quantitative estimate of drug-likeness (QED) is 0.812. The largest absolute Gasteiger partial charge is 0.378 e. The third kappa shape index (κ3) is 4.17. The first kappa shape index (κ1) is 15.7. The highest BCUT2D eigenvalue weighted by molar-refractivity contribution is 5.79. The molecule has 2 fully saturated rings. The number of amides is 1. The van der Waals surface area contributed by atoms with Crippen LogP contribution in [0.15, 0.2) is 0 Å². The van der Waals surface area contributed by atoms with Crippen molar-refractivity contribution in [3.63, 3.8) is 0 Å². The Balaban J connectivity index is 1.87. The molecular weight excluding hydrogens is 254 g/mol. The van der Waals surface area contributed by atoms with Crippen molar-refractivity contribution in [1.82, 2.24) is 15.1 Å². The van der Waals surface area contributed by atoms with Crippen molar-refractivity contribution in [3.05, 3.63) is 0 Å².